The van der Waals surface area contributed by atoms with Gasteiger partial charge in [0.25, 0.3) is 5.56 Å². The first-order chi connectivity index (χ1) is 15.2. The number of alkyl halides is 3. The summed E-state index contributed by atoms with van der Waals surface area (Å²) in [5.74, 6) is -1.000. The first-order valence-electron chi connectivity index (χ1n) is 8.91. The van der Waals surface area contributed by atoms with Gasteiger partial charge in [0.05, 0.1) is 28.2 Å². The second-order valence-corrected chi connectivity index (χ2v) is 7.76. The van der Waals surface area contributed by atoms with Crippen molar-refractivity contribution in [3.63, 3.8) is 0 Å². The molecule has 4 aromatic rings. The number of H-pyrrole nitrogens is 1. The number of nitrogens with one attached hydrogen (secondary N) is 2. The van der Waals surface area contributed by atoms with Crippen molar-refractivity contribution in [1.29, 1.82) is 0 Å². The first kappa shape index (κ1) is 21.8. The molecule has 0 bridgehead atoms. The number of carbonyl (C=O) groups excluding carboxylic acids is 1. The number of thioether (sulfide) groups is 1. The van der Waals surface area contributed by atoms with Gasteiger partial charge >= 0.3 is 6.18 Å². The monoisotopic (exact) mass is 480 g/mol. The molecule has 0 aliphatic rings. The molecule has 13 heteroatoms. The summed E-state index contributed by atoms with van der Waals surface area (Å²) in [6.07, 6.45) is -2.63. The van der Waals surface area contributed by atoms with E-state index >= 15 is 0 Å². The number of anilines is 1. The highest BCUT2D eigenvalue weighted by molar-refractivity contribution is 7.99. The lowest BCUT2D eigenvalue weighted by molar-refractivity contribution is -0.137. The Hall–Kier alpha value is -3.38. The fourth-order valence-corrected chi connectivity index (χ4v) is 3.58. The smallest absolute Gasteiger partial charge is 0.309 e. The molecule has 0 radical (unpaired) electrons. The Morgan fingerprint density at radius 2 is 1.97 bits per heavy atom. The topological polar surface area (TPSA) is 106 Å². The number of hydrogen-bond acceptors (Lipinski definition) is 6. The van der Waals surface area contributed by atoms with Gasteiger partial charge in [0, 0.05) is 6.20 Å². The molecular formula is C19H12ClF3N6O2S. The van der Waals surface area contributed by atoms with E-state index in [4.69, 9.17) is 11.6 Å². The Labute approximate surface area is 186 Å². The number of rotatable bonds is 5. The number of benzene rings is 1. The van der Waals surface area contributed by atoms with E-state index in [-0.39, 0.29) is 27.1 Å². The van der Waals surface area contributed by atoms with Crippen molar-refractivity contribution in [3.8, 4) is 5.69 Å². The van der Waals surface area contributed by atoms with Gasteiger partial charge in [0.2, 0.25) is 5.91 Å². The van der Waals surface area contributed by atoms with Crippen molar-refractivity contribution in [2.45, 2.75) is 11.3 Å². The van der Waals surface area contributed by atoms with Crippen LogP contribution in [0, 0.1) is 0 Å². The fraction of sp³-hybridized carbons (Fsp3) is 0.105. The lowest BCUT2D eigenvalue weighted by Crippen LogP contribution is -2.17. The van der Waals surface area contributed by atoms with Gasteiger partial charge in [0.1, 0.15) is 5.39 Å². The number of para-hydroxylation sites is 1. The van der Waals surface area contributed by atoms with Crippen LogP contribution < -0.4 is 10.9 Å². The number of halogens is 4. The van der Waals surface area contributed by atoms with E-state index in [1.807, 2.05) is 18.2 Å². The number of aromatic amines is 1. The van der Waals surface area contributed by atoms with Crippen LogP contribution in [0.4, 0.5) is 19.0 Å². The molecule has 4 rings (SSSR count). The molecule has 0 fully saturated rings. The van der Waals surface area contributed by atoms with Gasteiger partial charge in [-0.25, -0.2) is 14.6 Å². The van der Waals surface area contributed by atoms with Gasteiger partial charge < -0.3 is 10.3 Å². The van der Waals surface area contributed by atoms with Crippen LogP contribution in [0.5, 0.6) is 0 Å². The standard InChI is InChI=1S/C19H12ClF3N6O2S/c20-13-6-10(19(21,22)23)7-24-15(13)26-14(30)9-32-18-27-16-12(17(31)28-18)8-25-29(16)11-4-2-1-3-5-11/h1-8H,9H2,(H,24,26,30)(H,27,28,31). The molecule has 0 unspecified atom stereocenters. The SMILES string of the molecule is O=C(CSc1nc2c(cnn2-c2ccccc2)c(=O)[nH]1)Nc1ncc(C(F)(F)F)cc1Cl. The molecule has 0 saturated heterocycles. The normalized spacial score (nSPS) is 11.6. The summed E-state index contributed by atoms with van der Waals surface area (Å²) in [6, 6.07) is 9.75. The minimum atomic E-state index is -4.60. The Bertz CT molecular complexity index is 1360. The van der Waals surface area contributed by atoms with Crippen LogP contribution in [0.1, 0.15) is 5.56 Å². The summed E-state index contributed by atoms with van der Waals surface area (Å²) in [5.41, 5.74) is -0.430. The Balaban J connectivity index is 1.50. The lowest BCUT2D eigenvalue weighted by atomic mass is 10.3. The van der Waals surface area contributed by atoms with Crippen molar-refractivity contribution in [2.75, 3.05) is 11.1 Å². The summed E-state index contributed by atoms with van der Waals surface area (Å²) in [7, 11) is 0. The van der Waals surface area contributed by atoms with Gasteiger partial charge in [0.15, 0.2) is 16.6 Å². The maximum absolute atomic E-state index is 12.7. The van der Waals surface area contributed by atoms with E-state index in [0.29, 0.717) is 23.6 Å². The number of carbonyl (C=O) groups is 1. The van der Waals surface area contributed by atoms with Gasteiger partial charge in [-0.05, 0) is 18.2 Å². The van der Waals surface area contributed by atoms with E-state index < -0.39 is 23.2 Å². The van der Waals surface area contributed by atoms with Crippen molar-refractivity contribution >= 4 is 46.1 Å². The molecule has 1 aromatic carbocycles. The second kappa shape index (κ2) is 8.63. The van der Waals surface area contributed by atoms with Gasteiger partial charge in [-0.15, -0.1) is 0 Å². The molecule has 0 saturated carbocycles. The molecule has 3 heterocycles. The van der Waals surface area contributed by atoms with Crippen molar-refractivity contribution in [1.82, 2.24) is 24.7 Å². The molecule has 1 amide bonds. The molecular weight excluding hydrogens is 469 g/mol. The quantitative estimate of drug-likeness (QED) is 0.331. The van der Waals surface area contributed by atoms with Gasteiger partial charge in [-0.3, -0.25) is 9.59 Å². The Morgan fingerprint density at radius 3 is 2.66 bits per heavy atom. The number of pyridine rings is 1. The minimum Gasteiger partial charge on any atom is -0.309 e. The number of fused-ring (bicyclic) bond motifs is 1. The predicted octanol–water partition coefficient (Wildman–Crippen LogP) is 3.91. The first-order valence-corrected chi connectivity index (χ1v) is 10.3. The number of amides is 1. The third kappa shape index (κ3) is 4.60. The Morgan fingerprint density at radius 1 is 1.22 bits per heavy atom. The molecule has 0 aliphatic carbocycles. The van der Waals surface area contributed by atoms with Crippen LogP contribution >= 0.6 is 23.4 Å². The van der Waals surface area contributed by atoms with E-state index in [0.717, 1.165) is 11.8 Å². The maximum atomic E-state index is 12.7. The summed E-state index contributed by atoms with van der Waals surface area (Å²) in [6.45, 7) is 0. The lowest BCUT2D eigenvalue weighted by Gasteiger charge is -2.10. The van der Waals surface area contributed by atoms with E-state index in [2.05, 4.69) is 25.4 Å². The predicted molar refractivity (Wildman–Crippen MR) is 113 cm³/mol. The highest BCUT2D eigenvalue weighted by Gasteiger charge is 2.31. The average molecular weight is 481 g/mol. The van der Waals surface area contributed by atoms with Gasteiger partial charge in [-0.2, -0.15) is 18.3 Å². The molecule has 32 heavy (non-hydrogen) atoms. The molecule has 3 aromatic heterocycles. The summed E-state index contributed by atoms with van der Waals surface area (Å²) < 4.78 is 39.6. The maximum Gasteiger partial charge on any atom is 0.417 e. The average Bonchev–Trinajstić information content (AvgIpc) is 3.18. The molecule has 164 valence electrons. The van der Waals surface area contributed by atoms with Crippen LogP contribution in [0.15, 0.2) is 58.7 Å². The zero-order chi connectivity index (χ0) is 22.9. The Kier molecular flexibility index (Phi) is 5.89. The molecule has 8 nitrogen and oxygen atoms in total. The van der Waals surface area contributed by atoms with E-state index in [1.165, 1.54) is 10.9 Å². The molecule has 0 spiro atoms. The molecule has 2 N–H and O–H groups in total. The minimum absolute atomic E-state index is 0.168. The number of aromatic nitrogens is 5. The van der Waals surface area contributed by atoms with Crippen molar-refractivity contribution in [2.24, 2.45) is 0 Å². The third-order valence-electron chi connectivity index (χ3n) is 4.18. The molecule has 0 aliphatic heterocycles. The van der Waals surface area contributed by atoms with Crippen LogP contribution in [-0.2, 0) is 11.0 Å². The zero-order valence-corrected chi connectivity index (χ0v) is 17.4. The molecule has 0 atom stereocenters. The third-order valence-corrected chi connectivity index (χ3v) is 5.34. The number of hydrogen-bond donors (Lipinski definition) is 2. The summed E-state index contributed by atoms with van der Waals surface area (Å²) >= 11 is 6.72. The zero-order valence-electron chi connectivity index (χ0n) is 15.9. The van der Waals surface area contributed by atoms with Crippen LogP contribution in [0.2, 0.25) is 5.02 Å². The van der Waals surface area contributed by atoms with Crippen molar-refractivity contribution < 1.29 is 18.0 Å². The second-order valence-electron chi connectivity index (χ2n) is 6.39. The van der Waals surface area contributed by atoms with Crippen LogP contribution in [-0.4, -0.2) is 36.4 Å². The highest BCUT2D eigenvalue weighted by atomic mass is 35.5. The number of nitrogens with zero attached hydrogens (tertiary/aromatic N) is 4. The van der Waals surface area contributed by atoms with Gasteiger partial charge in [-0.1, -0.05) is 41.6 Å². The highest BCUT2D eigenvalue weighted by Crippen LogP contribution is 2.32. The fourth-order valence-electron chi connectivity index (χ4n) is 2.71. The van der Waals surface area contributed by atoms with Crippen molar-refractivity contribution in [3.05, 3.63) is 69.7 Å². The summed E-state index contributed by atoms with van der Waals surface area (Å²) in [5, 5.41) is 6.63. The van der Waals surface area contributed by atoms with Crippen LogP contribution in [0.3, 0.4) is 0 Å². The largest absolute Gasteiger partial charge is 0.417 e. The van der Waals surface area contributed by atoms with Crippen LogP contribution in [0.25, 0.3) is 16.7 Å². The van der Waals surface area contributed by atoms with E-state index in [9.17, 15) is 22.8 Å². The summed E-state index contributed by atoms with van der Waals surface area (Å²) in [4.78, 5) is 35.1. The van der Waals surface area contributed by atoms with E-state index in [1.54, 1.807) is 12.1 Å².